The van der Waals surface area contributed by atoms with Crippen LogP contribution < -0.4 is 0 Å². The molecule has 2 aliphatic rings. The maximum absolute atomic E-state index is 12.2. The second-order valence-electron chi connectivity index (χ2n) is 6.53. The van der Waals surface area contributed by atoms with Crippen molar-refractivity contribution in [1.82, 2.24) is 9.80 Å². The lowest BCUT2D eigenvalue weighted by atomic mass is 10.2. The van der Waals surface area contributed by atoms with Crippen molar-refractivity contribution >= 4 is 46.8 Å². The van der Waals surface area contributed by atoms with Gasteiger partial charge in [0.25, 0.3) is 0 Å². The Balaban J connectivity index is 0.00000225. The molecule has 1 aromatic carbocycles. The van der Waals surface area contributed by atoms with E-state index >= 15 is 0 Å². The fraction of sp³-hybridized carbons (Fsp3) is 0.556. The molecule has 0 N–H and O–H groups in total. The van der Waals surface area contributed by atoms with Gasteiger partial charge in [-0.05, 0) is 30.5 Å². The third-order valence-corrected chi connectivity index (χ3v) is 6.13. The van der Waals surface area contributed by atoms with E-state index in [9.17, 15) is 4.79 Å². The number of carbonyl (C=O) groups excluding carboxylic acids is 1. The average Bonchev–Trinajstić information content (AvgIpc) is 3.18. The van der Waals surface area contributed by atoms with E-state index < -0.39 is 0 Å². The Bertz CT molecular complexity index is 617. The van der Waals surface area contributed by atoms with Gasteiger partial charge in [-0.2, -0.15) is 0 Å². The smallest absolute Gasteiger partial charge is 0.221 e. The first kappa shape index (κ1) is 20.4. The maximum atomic E-state index is 12.2. The number of hydrogen-bond acceptors (Lipinski definition) is 3. The summed E-state index contributed by atoms with van der Waals surface area (Å²) in [4.78, 5) is 21.2. The molecule has 1 unspecified atom stereocenters. The average molecular weight is 402 g/mol. The van der Waals surface area contributed by atoms with E-state index in [0.717, 1.165) is 16.5 Å². The molecule has 4 nitrogen and oxygen atoms in total. The van der Waals surface area contributed by atoms with Gasteiger partial charge in [-0.1, -0.05) is 48.3 Å². The molecule has 0 spiro atoms. The topological polar surface area (TPSA) is 35.9 Å². The van der Waals surface area contributed by atoms with E-state index in [1.54, 1.807) is 18.7 Å². The standard InChI is InChI=1S/C18H24ClN3OS.ClH/c1-13(23)22(11-14-7-9-15(19)10-8-14)17-12-24-18(21(17)2)20-16-5-3-4-6-16;/h7-10,16-17H,3-6,11-12H2,1-2H3;1H. The maximum Gasteiger partial charge on any atom is 0.221 e. The van der Waals surface area contributed by atoms with Gasteiger partial charge >= 0.3 is 0 Å². The zero-order valence-corrected chi connectivity index (χ0v) is 17.0. The van der Waals surface area contributed by atoms with E-state index in [0.29, 0.717) is 17.6 Å². The van der Waals surface area contributed by atoms with Gasteiger partial charge < -0.3 is 9.80 Å². The van der Waals surface area contributed by atoms with Gasteiger partial charge in [0.05, 0.1) is 6.04 Å². The fourth-order valence-electron chi connectivity index (χ4n) is 3.32. The third-order valence-electron chi connectivity index (χ3n) is 4.76. The predicted molar refractivity (Wildman–Crippen MR) is 109 cm³/mol. The molecule has 0 radical (unpaired) electrons. The van der Waals surface area contributed by atoms with Crippen molar-refractivity contribution in [2.75, 3.05) is 12.8 Å². The van der Waals surface area contributed by atoms with Crippen molar-refractivity contribution in [2.24, 2.45) is 4.99 Å². The lowest BCUT2D eigenvalue weighted by molar-refractivity contribution is -0.133. The number of benzene rings is 1. The van der Waals surface area contributed by atoms with E-state index in [1.165, 1.54) is 25.7 Å². The molecule has 1 saturated carbocycles. The summed E-state index contributed by atoms with van der Waals surface area (Å²) in [5.41, 5.74) is 1.09. The van der Waals surface area contributed by atoms with Crippen LogP contribution in [0.2, 0.25) is 5.02 Å². The number of hydrogen-bond donors (Lipinski definition) is 0. The van der Waals surface area contributed by atoms with Crippen LogP contribution in [-0.4, -0.2) is 45.9 Å². The Morgan fingerprint density at radius 2 is 1.96 bits per heavy atom. The van der Waals surface area contributed by atoms with Crippen molar-refractivity contribution in [3.63, 3.8) is 0 Å². The van der Waals surface area contributed by atoms with Crippen LogP contribution in [0.5, 0.6) is 0 Å². The molecule has 1 saturated heterocycles. The number of aliphatic imine (C=N–C) groups is 1. The molecule has 25 heavy (non-hydrogen) atoms. The molecule has 1 atom stereocenters. The van der Waals surface area contributed by atoms with Gasteiger partial charge in [-0.25, -0.2) is 0 Å². The molecule has 1 amide bonds. The van der Waals surface area contributed by atoms with Crippen LogP contribution in [0.3, 0.4) is 0 Å². The zero-order valence-electron chi connectivity index (χ0n) is 14.7. The summed E-state index contributed by atoms with van der Waals surface area (Å²) in [5, 5.41) is 1.79. The molecule has 0 aromatic heterocycles. The molecule has 2 fully saturated rings. The summed E-state index contributed by atoms with van der Waals surface area (Å²) in [5.74, 6) is 0.958. The normalized spacial score (nSPS) is 22.3. The Morgan fingerprint density at radius 1 is 1.32 bits per heavy atom. The first-order valence-corrected chi connectivity index (χ1v) is 9.86. The van der Waals surface area contributed by atoms with Crippen LogP contribution in [-0.2, 0) is 11.3 Å². The molecule has 3 rings (SSSR count). The van der Waals surface area contributed by atoms with Crippen molar-refractivity contribution in [3.05, 3.63) is 34.9 Å². The summed E-state index contributed by atoms with van der Waals surface area (Å²) in [7, 11) is 2.05. The number of nitrogens with zero attached hydrogens (tertiary/aromatic N) is 3. The van der Waals surface area contributed by atoms with Crippen molar-refractivity contribution < 1.29 is 4.79 Å². The zero-order chi connectivity index (χ0) is 17.1. The molecule has 1 aliphatic heterocycles. The van der Waals surface area contributed by atoms with Gasteiger partial charge in [0.15, 0.2) is 5.17 Å². The number of amides is 1. The fourth-order valence-corrected chi connectivity index (χ4v) is 4.70. The number of carbonyl (C=O) groups is 1. The lowest BCUT2D eigenvalue weighted by Gasteiger charge is -2.33. The van der Waals surface area contributed by atoms with Gasteiger partial charge in [0, 0.05) is 31.3 Å². The highest BCUT2D eigenvalue weighted by atomic mass is 35.5. The molecule has 1 aromatic rings. The van der Waals surface area contributed by atoms with Crippen molar-refractivity contribution in [3.8, 4) is 0 Å². The van der Waals surface area contributed by atoms with Crippen LogP contribution in [0, 0.1) is 0 Å². The summed E-state index contributed by atoms with van der Waals surface area (Å²) in [6.07, 6.45) is 5.03. The molecule has 138 valence electrons. The molecule has 7 heteroatoms. The minimum absolute atomic E-state index is 0. The third kappa shape index (κ3) is 5.05. The Labute approximate surface area is 165 Å². The first-order chi connectivity index (χ1) is 11.5. The molecular weight excluding hydrogens is 377 g/mol. The second-order valence-corrected chi connectivity index (χ2v) is 7.95. The number of halogens is 2. The van der Waals surface area contributed by atoms with Gasteiger partial charge in [0.2, 0.25) is 5.91 Å². The van der Waals surface area contributed by atoms with Crippen molar-refractivity contribution in [2.45, 2.75) is 51.4 Å². The van der Waals surface area contributed by atoms with E-state index in [1.807, 2.05) is 29.2 Å². The lowest BCUT2D eigenvalue weighted by Crippen LogP contribution is -2.47. The highest BCUT2D eigenvalue weighted by molar-refractivity contribution is 8.14. The Morgan fingerprint density at radius 3 is 2.56 bits per heavy atom. The number of thioether (sulfide) groups is 1. The quantitative estimate of drug-likeness (QED) is 0.748. The summed E-state index contributed by atoms with van der Waals surface area (Å²) in [6.45, 7) is 2.24. The summed E-state index contributed by atoms with van der Waals surface area (Å²) < 4.78 is 0. The summed E-state index contributed by atoms with van der Waals surface area (Å²) >= 11 is 7.72. The second kappa shape index (κ2) is 9.15. The minimum atomic E-state index is 0. The van der Waals surface area contributed by atoms with Crippen LogP contribution in [0.15, 0.2) is 29.3 Å². The van der Waals surface area contributed by atoms with Gasteiger partial charge in [0.1, 0.15) is 6.17 Å². The number of rotatable bonds is 4. The Kier molecular flexibility index (Phi) is 7.47. The van der Waals surface area contributed by atoms with Crippen molar-refractivity contribution in [1.29, 1.82) is 0 Å². The highest BCUT2D eigenvalue weighted by Gasteiger charge is 2.34. The van der Waals surface area contributed by atoms with Crippen LogP contribution in [0.1, 0.15) is 38.2 Å². The first-order valence-electron chi connectivity index (χ1n) is 8.49. The number of amidine groups is 1. The largest absolute Gasteiger partial charge is 0.333 e. The van der Waals surface area contributed by atoms with Crippen LogP contribution >= 0.6 is 35.8 Å². The Hall–Kier alpha value is -0.910. The highest BCUT2D eigenvalue weighted by Crippen LogP contribution is 2.29. The minimum Gasteiger partial charge on any atom is -0.333 e. The molecule has 0 bridgehead atoms. The molecule has 1 aliphatic carbocycles. The monoisotopic (exact) mass is 401 g/mol. The molecular formula is C18H25Cl2N3OS. The van der Waals surface area contributed by atoms with Crippen LogP contribution in [0.25, 0.3) is 0 Å². The van der Waals surface area contributed by atoms with Gasteiger partial charge in [-0.3, -0.25) is 9.79 Å². The van der Waals surface area contributed by atoms with E-state index in [-0.39, 0.29) is 24.5 Å². The van der Waals surface area contributed by atoms with Crippen LogP contribution in [0.4, 0.5) is 0 Å². The van der Waals surface area contributed by atoms with E-state index in [2.05, 4.69) is 11.9 Å². The molecule has 1 heterocycles. The predicted octanol–water partition coefficient (Wildman–Crippen LogP) is 4.41. The van der Waals surface area contributed by atoms with E-state index in [4.69, 9.17) is 16.6 Å². The van der Waals surface area contributed by atoms with Gasteiger partial charge in [-0.15, -0.1) is 12.4 Å². The SMILES string of the molecule is CC(=O)N(Cc1ccc(Cl)cc1)C1CSC(=NC2CCCC2)N1C.Cl. The summed E-state index contributed by atoms with van der Waals surface area (Å²) in [6, 6.07) is 8.17.